The minimum Gasteiger partial charge on any atom is -0.466 e. The van der Waals surface area contributed by atoms with E-state index in [1.54, 1.807) is 7.05 Å². The van der Waals surface area contributed by atoms with Crippen LogP contribution in [0.4, 0.5) is 0 Å². The van der Waals surface area contributed by atoms with E-state index in [0.717, 1.165) is 44.1 Å². The fraction of sp³-hybridized carbons (Fsp3) is 0.522. The molecule has 0 unspecified atom stereocenters. The maximum absolute atomic E-state index is 12.0. The summed E-state index contributed by atoms with van der Waals surface area (Å²) in [6.07, 6.45) is 1.60. The lowest BCUT2D eigenvalue weighted by atomic mass is 9.97. The Labute approximate surface area is 179 Å². The number of carbonyl (C=O) groups excluding carboxylic acids is 1. The van der Waals surface area contributed by atoms with Gasteiger partial charge in [-0.2, -0.15) is 5.10 Å². The van der Waals surface area contributed by atoms with Crippen LogP contribution >= 0.6 is 0 Å². The molecule has 0 spiro atoms. The Hall–Kier alpha value is -2.83. The summed E-state index contributed by atoms with van der Waals surface area (Å²) in [5.74, 6) is 0.795. The number of aromatic nitrogens is 2. The predicted octanol–water partition coefficient (Wildman–Crippen LogP) is 2.90. The number of hydrogen-bond acceptors (Lipinski definition) is 4. The van der Waals surface area contributed by atoms with Crippen molar-refractivity contribution in [2.24, 2.45) is 10.9 Å². The van der Waals surface area contributed by atoms with Gasteiger partial charge in [0.25, 0.3) is 0 Å². The molecule has 0 amide bonds. The van der Waals surface area contributed by atoms with E-state index in [1.165, 1.54) is 16.8 Å². The second kappa shape index (κ2) is 10.3. The van der Waals surface area contributed by atoms with Gasteiger partial charge in [0.1, 0.15) is 0 Å². The molecule has 0 radical (unpaired) electrons. The van der Waals surface area contributed by atoms with Crippen molar-refractivity contribution in [3.05, 3.63) is 52.8 Å². The molecule has 1 aromatic carbocycles. The Kier molecular flexibility index (Phi) is 7.49. The van der Waals surface area contributed by atoms with Crippen LogP contribution in [0.1, 0.15) is 42.3 Å². The first kappa shape index (κ1) is 21.9. The van der Waals surface area contributed by atoms with Gasteiger partial charge < -0.3 is 15.0 Å². The Bertz CT molecular complexity index is 867. The van der Waals surface area contributed by atoms with E-state index in [1.807, 2.05) is 13.0 Å². The molecule has 1 aliphatic rings. The SMILES string of the molecule is CCOC(=O)C1CCN(C(=NC)NCc2c(C)nn(Cc3ccccc3)c2C)CC1. The van der Waals surface area contributed by atoms with Crippen LogP contribution in [0.15, 0.2) is 35.3 Å². The third kappa shape index (κ3) is 5.20. The summed E-state index contributed by atoms with van der Waals surface area (Å²) in [6, 6.07) is 10.4. The van der Waals surface area contributed by atoms with Crippen LogP contribution < -0.4 is 5.32 Å². The van der Waals surface area contributed by atoms with Crippen LogP contribution in [0.5, 0.6) is 0 Å². The van der Waals surface area contributed by atoms with Gasteiger partial charge >= 0.3 is 5.97 Å². The monoisotopic (exact) mass is 411 g/mol. The molecule has 0 aliphatic carbocycles. The molecular formula is C23H33N5O2. The summed E-state index contributed by atoms with van der Waals surface area (Å²) in [6.45, 7) is 9.51. The minimum absolute atomic E-state index is 0.0000125. The maximum Gasteiger partial charge on any atom is 0.309 e. The third-order valence-corrected chi connectivity index (χ3v) is 5.76. The molecule has 1 N–H and O–H groups in total. The van der Waals surface area contributed by atoms with E-state index < -0.39 is 0 Å². The van der Waals surface area contributed by atoms with Gasteiger partial charge in [0, 0.05) is 37.9 Å². The highest BCUT2D eigenvalue weighted by molar-refractivity contribution is 5.80. The molecule has 7 heteroatoms. The number of hydrogen-bond donors (Lipinski definition) is 1. The zero-order valence-corrected chi connectivity index (χ0v) is 18.5. The average Bonchev–Trinajstić information content (AvgIpc) is 3.02. The number of nitrogens with zero attached hydrogens (tertiary/aromatic N) is 4. The van der Waals surface area contributed by atoms with Gasteiger partial charge in [0.15, 0.2) is 5.96 Å². The van der Waals surface area contributed by atoms with Crippen LogP contribution in [0.3, 0.4) is 0 Å². The highest BCUT2D eigenvalue weighted by Crippen LogP contribution is 2.19. The van der Waals surface area contributed by atoms with Crippen molar-refractivity contribution < 1.29 is 9.53 Å². The molecule has 1 aliphatic heterocycles. The molecule has 0 atom stereocenters. The number of ether oxygens (including phenoxy) is 1. The molecule has 1 saturated heterocycles. The number of nitrogens with one attached hydrogen (secondary N) is 1. The summed E-state index contributed by atoms with van der Waals surface area (Å²) >= 11 is 0. The zero-order chi connectivity index (χ0) is 21.5. The Balaban J connectivity index is 1.59. The van der Waals surface area contributed by atoms with Crippen molar-refractivity contribution >= 4 is 11.9 Å². The molecule has 162 valence electrons. The third-order valence-electron chi connectivity index (χ3n) is 5.76. The summed E-state index contributed by atoms with van der Waals surface area (Å²) in [4.78, 5) is 18.6. The van der Waals surface area contributed by atoms with Crippen molar-refractivity contribution in [3.8, 4) is 0 Å². The average molecular weight is 412 g/mol. The highest BCUT2D eigenvalue weighted by Gasteiger charge is 2.27. The predicted molar refractivity (Wildman–Crippen MR) is 118 cm³/mol. The first-order valence-corrected chi connectivity index (χ1v) is 10.7. The summed E-state index contributed by atoms with van der Waals surface area (Å²) in [7, 11) is 1.80. The standard InChI is InChI=1S/C23H33N5O2/c1-5-30-22(29)20-11-13-27(14-12-20)23(24-4)25-15-21-17(2)26-28(18(21)3)16-19-9-7-6-8-10-19/h6-10,20H,5,11-16H2,1-4H3,(H,24,25). The lowest BCUT2D eigenvalue weighted by molar-refractivity contribution is -0.149. The summed E-state index contributed by atoms with van der Waals surface area (Å²) < 4.78 is 7.23. The van der Waals surface area contributed by atoms with Gasteiger partial charge in [-0.15, -0.1) is 0 Å². The second-order valence-electron chi connectivity index (χ2n) is 7.71. The molecule has 2 heterocycles. The second-order valence-corrected chi connectivity index (χ2v) is 7.71. The number of likely N-dealkylation sites (tertiary alicyclic amines) is 1. The number of piperidine rings is 1. The van der Waals surface area contributed by atoms with E-state index in [9.17, 15) is 4.79 Å². The minimum atomic E-state index is -0.0721. The van der Waals surface area contributed by atoms with Gasteiger partial charge in [0.2, 0.25) is 0 Å². The number of aryl methyl sites for hydroxylation is 1. The van der Waals surface area contributed by atoms with Gasteiger partial charge in [-0.1, -0.05) is 30.3 Å². The zero-order valence-electron chi connectivity index (χ0n) is 18.5. The molecule has 1 fully saturated rings. The lowest BCUT2D eigenvalue weighted by Crippen LogP contribution is -2.46. The Morgan fingerprint density at radius 3 is 2.57 bits per heavy atom. The first-order valence-electron chi connectivity index (χ1n) is 10.7. The molecule has 2 aromatic rings. The van der Waals surface area contributed by atoms with E-state index in [-0.39, 0.29) is 11.9 Å². The Morgan fingerprint density at radius 2 is 1.93 bits per heavy atom. The molecule has 0 saturated carbocycles. The van der Waals surface area contributed by atoms with Crippen molar-refractivity contribution in [2.75, 3.05) is 26.7 Å². The van der Waals surface area contributed by atoms with Gasteiger partial charge in [-0.3, -0.25) is 14.5 Å². The molecular weight excluding hydrogens is 378 g/mol. The van der Waals surface area contributed by atoms with E-state index in [0.29, 0.717) is 13.2 Å². The van der Waals surface area contributed by atoms with Gasteiger partial charge in [-0.25, -0.2) is 0 Å². The summed E-state index contributed by atoms with van der Waals surface area (Å²) in [5.41, 5.74) is 4.64. The van der Waals surface area contributed by atoms with Crippen molar-refractivity contribution in [1.29, 1.82) is 0 Å². The van der Waals surface area contributed by atoms with E-state index >= 15 is 0 Å². The fourth-order valence-electron chi connectivity index (χ4n) is 3.99. The largest absolute Gasteiger partial charge is 0.466 e. The van der Waals surface area contributed by atoms with Crippen LogP contribution in [-0.4, -0.2) is 53.4 Å². The molecule has 1 aromatic heterocycles. The number of esters is 1. The van der Waals surface area contributed by atoms with Crippen LogP contribution in [0.25, 0.3) is 0 Å². The molecule has 3 rings (SSSR count). The number of guanidine groups is 1. The van der Waals surface area contributed by atoms with Crippen molar-refractivity contribution in [2.45, 2.75) is 46.7 Å². The smallest absolute Gasteiger partial charge is 0.309 e. The normalized spacial score (nSPS) is 15.3. The molecule has 0 bridgehead atoms. The lowest BCUT2D eigenvalue weighted by Gasteiger charge is -2.33. The van der Waals surface area contributed by atoms with Crippen LogP contribution in [-0.2, 0) is 22.6 Å². The topological polar surface area (TPSA) is 71.8 Å². The van der Waals surface area contributed by atoms with E-state index in [2.05, 4.69) is 58.0 Å². The van der Waals surface area contributed by atoms with E-state index in [4.69, 9.17) is 9.84 Å². The summed E-state index contributed by atoms with van der Waals surface area (Å²) in [5, 5.41) is 8.23. The van der Waals surface area contributed by atoms with Crippen molar-refractivity contribution in [3.63, 3.8) is 0 Å². The number of benzene rings is 1. The van der Waals surface area contributed by atoms with Crippen LogP contribution in [0, 0.1) is 19.8 Å². The highest BCUT2D eigenvalue weighted by atomic mass is 16.5. The maximum atomic E-state index is 12.0. The van der Waals surface area contributed by atoms with Gasteiger partial charge in [-0.05, 0) is 39.2 Å². The molecule has 30 heavy (non-hydrogen) atoms. The Morgan fingerprint density at radius 1 is 1.23 bits per heavy atom. The van der Waals surface area contributed by atoms with Crippen molar-refractivity contribution in [1.82, 2.24) is 20.0 Å². The number of carbonyl (C=O) groups is 1. The molecule has 7 nitrogen and oxygen atoms in total. The quantitative estimate of drug-likeness (QED) is 0.450. The van der Waals surface area contributed by atoms with Crippen LogP contribution in [0.2, 0.25) is 0 Å². The fourth-order valence-corrected chi connectivity index (χ4v) is 3.99. The number of rotatable bonds is 6. The number of aliphatic imine (C=N–C) groups is 1. The van der Waals surface area contributed by atoms with Gasteiger partial charge in [0.05, 0.1) is 24.8 Å². The first-order chi connectivity index (χ1) is 14.5.